The van der Waals surface area contributed by atoms with Gasteiger partial charge in [-0.05, 0) is 87.3 Å². The Balaban J connectivity index is 1.61. The van der Waals surface area contributed by atoms with Gasteiger partial charge in [-0.2, -0.15) is 0 Å². The number of rotatable bonds is 5. The lowest BCUT2D eigenvalue weighted by molar-refractivity contribution is 0.215. The smallest absolute Gasteiger partial charge is 0.190 e. The lowest BCUT2D eigenvalue weighted by Gasteiger charge is -2.27. The lowest BCUT2D eigenvalue weighted by atomic mass is 9.78. The van der Waals surface area contributed by atoms with Gasteiger partial charge in [-0.15, -0.1) is 0 Å². The van der Waals surface area contributed by atoms with Gasteiger partial charge in [-0.1, -0.05) is 18.2 Å². The summed E-state index contributed by atoms with van der Waals surface area (Å²) in [5.41, 5.74) is 0.731. The van der Waals surface area contributed by atoms with Gasteiger partial charge in [-0.3, -0.25) is 0 Å². The molecule has 1 atom stereocenters. The maximum absolute atomic E-state index is 14.4. The summed E-state index contributed by atoms with van der Waals surface area (Å²) in [6.45, 7) is 2.24. The summed E-state index contributed by atoms with van der Waals surface area (Å²) in [6.07, 6.45) is 11.5. The van der Waals surface area contributed by atoms with E-state index >= 15 is 0 Å². The van der Waals surface area contributed by atoms with Crippen LogP contribution in [0.1, 0.15) is 63.4 Å². The lowest BCUT2D eigenvalue weighted by Crippen LogP contribution is -2.16. The van der Waals surface area contributed by atoms with Crippen molar-refractivity contribution in [2.45, 2.75) is 57.8 Å². The quantitative estimate of drug-likeness (QED) is 0.519. The molecule has 1 fully saturated rings. The minimum absolute atomic E-state index is 0.105. The number of hydrogen-bond acceptors (Lipinski definition) is 1. The zero-order chi connectivity index (χ0) is 18.5. The molecular formula is C22H27F3O. The second kappa shape index (κ2) is 8.79. The number of benzene rings is 1. The number of halogens is 3. The minimum Gasteiger partial charge on any atom is -0.487 e. The topological polar surface area (TPSA) is 9.23 Å². The minimum atomic E-state index is -0.631. The molecule has 0 radical (unpaired) electrons. The highest BCUT2D eigenvalue weighted by Crippen LogP contribution is 2.38. The molecule has 1 aromatic rings. The Morgan fingerprint density at radius 3 is 2.31 bits per heavy atom. The summed E-state index contributed by atoms with van der Waals surface area (Å²) < 4.78 is 47.3. The molecule has 1 unspecified atom stereocenters. The van der Waals surface area contributed by atoms with Crippen molar-refractivity contribution in [2.24, 2.45) is 11.8 Å². The maximum Gasteiger partial charge on any atom is 0.190 e. The SMILES string of the molecule is C/C=C/C1CCC(c2cc(F)c(OCC3CC=C(F)CC3)c(F)c2)CC1. The van der Waals surface area contributed by atoms with E-state index in [-0.39, 0.29) is 30.0 Å². The molecule has 0 N–H and O–H groups in total. The van der Waals surface area contributed by atoms with E-state index in [2.05, 4.69) is 12.2 Å². The Labute approximate surface area is 153 Å². The second-order valence-electron chi connectivity index (χ2n) is 7.55. The monoisotopic (exact) mass is 364 g/mol. The molecule has 0 heterocycles. The van der Waals surface area contributed by atoms with Crippen molar-refractivity contribution in [2.75, 3.05) is 6.61 Å². The van der Waals surface area contributed by atoms with Gasteiger partial charge in [0.25, 0.3) is 0 Å². The Morgan fingerprint density at radius 1 is 1.04 bits per heavy atom. The van der Waals surface area contributed by atoms with Crippen LogP contribution in [0.3, 0.4) is 0 Å². The fourth-order valence-electron chi connectivity index (χ4n) is 4.08. The first-order valence-corrected chi connectivity index (χ1v) is 9.66. The van der Waals surface area contributed by atoms with E-state index in [1.165, 1.54) is 18.2 Å². The van der Waals surface area contributed by atoms with Crippen molar-refractivity contribution in [3.05, 3.63) is 53.4 Å². The summed E-state index contributed by atoms with van der Waals surface area (Å²) in [5.74, 6) is -0.765. The predicted octanol–water partition coefficient (Wildman–Crippen LogP) is 6.85. The fourth-order valence-corrected chi connectivity index (χ4v) is 4.08. The fraction of sp³-hybridized carbons (Fsp3) is 0.545. The Bertz CT molecular complexity index is 649. The molecule has 0 bridgehead atoms. The largest absolute Gasteiger partial charge is 0.487 e. The van der Waals surface area contributed by atoms with Crippen molar-refractivity contribution in [3.63, 3.8) is 0 Å². The molecule has 3 rings (SSSR count). The van der Waals surface area contributed by atoms with Crippen LogP contribution in [0.4, 0.5) is 13.2 Å². The van der Waals surface area contributed by atoms with Crippen LogP contribution in [0.5, 0.6) is 5.75 Å². The van der Waals surface area contributed by atoms with Gasteiger partial charge >= 0.3 is 0 Å². The molecule has 2 aliphatic carbocycles. The van der Waals surface area contributed by atoms with E-state index in [4.69, 9.17) is 4.74 Å². The Kier molecular flexibility index (Phi) is 6.44. The Hall–Kier alpha value is -1.71. The van der Waals surface area contributed by atoms with E-state index in [0.717, 1.165) is 31.2 Å². The average molecular weight is 364 g/mol. The zero-order valence-corrected chi connectivity index (χ0v) is 15.3. The van der Waals surface area contributed by atoms with Crippen LogP contribution in [-0.2, 0) is 0 Å². The van der Waals surface area contributed by atoms with E-state index in [0.29, 0.717) is 25.2 Å². The number of hydrogen-bond donors (Lipinski definition) is 0. The summed E-state index contributed by atoms with van der Waals surface area (Å²) in [5, 5.41) is 0. The van der Waals surface area contributed by atoms with Crippen LogP contribution < -0.4 is 4.74 Å². The third kappa shape index (κ3) is 4.72. The number of allylic oxidation sites excluding steroid dienone is 4. The van der Waals surface area contributed by atoms with Gasteiger partial charge in [-0.25, -0.2) is 13.2 Å². The van der Waals surface area contributed by atoms with Crippen LogP contribution >= 0.6 is 0 Å². The third-order valence-corrected chi connectivity index (χ3v) is 5.66. The first-order valence-electron chi connectivity index (χ1n) is 9.66. The molecule has 2 aliphatic rings. The van der Waals surface area contributed by atoms with Crippen LogP contribution in [0, 0.1) is 23.5 Å². The maximum atomic E-state index is 14.4. The van der Waals surface area contributed by atoms with Crippen molar-refractivity contribution in [1.82, 2.24) is 0 Å². The van der Waals surface area contributed by atoms with Crippen LogP contribution in [0.15, 0.2) is 36.2 Å². The summed E-state index contributed by atoms with van der Waals surface area (Å²) in [7, 11) is 0. The summed E-state index contributed by atoms with van der Waals surface area (Å²) >= 11 is 0. The molecule has 0 saturated heterocycles. The highest BCUT2D eigenvalue weighted by Gasteiger charge is 2.24. The molecule has 1 saturated carbocycles. The van der Waals surface area contributed by atoms with Gasteiger partial charge in [0, 0.05) is 0 Å². The predicted molar refractivity (Wildman–Crippen MR) is 97.9 cm³/mol. The molecule has 4 heteroatoms. The van der Waals surface area contributed by atoms with E-state index in [1.807, 2.05) is 6.92 Å². The van der Waals surface area contributed by atoms with E-state index in [1.54, 1.807) is 0 Å². The van der Waals surface area contributed by atoms with Crippen LogP contribution in [-0.4, -0.2) is 6.61 Å². The summed E-state index contributed by atoms with van der Waals surface area (Å²) in [4.78, 5) is 0. The van der Waals surface area contributed by atoms with Crippen molar-refractivity contribution >= 4 is 0 Å². The average Bonchev–Trinajstić information content (AvgIpc) is 2.63. The zero-order valence-electron chi connectivity index (χ0n) is 15.3. The molecule has 0 aromatic heterocycles. The molecule has 26 heavy (non-hydrogen) atoms. The van der Waals surface area contributed by atoms with Crippen LogP contribution in [0.2, 0.25) is 0 Å². The van der Waals surface area contributed by atoms with Crippen molar-refractivity contribution < 1.29 is 17.9 Å². The highest BCUT2D eigenvalue weighted by molar-refractivity contribution is 5.33. The van der Waals surface area contributed by atoms with Crippen molar-refractivity contribution in [3.8, 4) is 5.75 Å². The second-order valence-corrected chi connectivity index (χ2v) is 7.55. The third-order valence-electron chi connectivity index (χ3n) is 5.66. The normalized spacial score (nSPS) is 26.8. The standard InChI is InChI=1S/C22H27F3O/c1-2-3-15-4-8-17(9-5-15)18-12-20(24)22(21(25)13-18)26-14-16-6-10-19(23)11-7-16/h2-3,10,12-13,15-17H,4-9,11,14H2,1H3/b3-2+. The molecule has 0 aliphatic heterocycles. The molecule has 0 spiro atoms. The van der Waals surface area contributed by atoms with Gasteiger partial charge in [0.1, 0.15) is 0 Å². The number of ether oxygens (including phenoxy) is 1. The molecule has 0 amide bonds. The first-order chi connectivity index (χ1) is 12.6. The first kappa shape index (κ1) is 19.1. The molecular weight excluding hydrogens is 337 g/mol. The van der Waals surface area contributed by atoms with Crippen LogP contribution in [0.25, 0.3) is 0 Å². The molecule has 1 aromatic carbocycles. The van der Waals surface area contributed by atoms with Crippen molar-refractivity contribution in [1.29, 1.82) is 0 Å². The Morgan fingerprint density at radius 2 is 1.73 bits per heavy atom. The van der Waals surface area contributed by atoms with Gasteiger partial charge in [0.15, 0.2) is 17.4 Å². The van der Waals surface area contributed by atoms with Gasteiger partial charge < -0.3 is 4.74 Å². The molecule has 1 nitrogen and oxygen atoms in total. The summed E-state index contributed by atoms with van der Waals surface area (Å²) in [6, 6.07) is 2.86. The van der Waals surface area contributed by atoms with Gasteiger partial charge in [0.05, 0.1) is 12.4 Å². The van der Waals surface area contributed by atoms with E-state index < -0.39 is 11.6 Å². The highest BCUT2D eigenvalue weighted by atomic mass is 19.1. The van der Waals surface area contributed by atoms with E-state index in [9.17, 15) is 13.2 Å². The molecule has 142 valence electrons. The van der Waals surface area contributed by atoms with Gasteiger partial charge in [0.2, 0.25) is 0 Å².